The number of carbonyl (C=O) groups is 1. The molecule has 0 aromatic heterocycles. The van der Waals surface area contributed by atoms with Crippen LogP contribution in [0.1, 0.15) is 6.92 Å². The molecule has 0 rings (SSSR count). The van der Waals surface area contributed by atoms with Crippen molar-refractivity contribution in [1.29, 1.82) is 0 Å². The van der Waals surface area contributed by atoms with E-state index < -0.39 is 9.84 Å². The van der Waals surface area contributed by atoms with E-state index in [9.17, 15) is 13.2 Å². The SMILES string of the molecule is C=CC(=O)NC(C)CS(C)(=O)=O. The molecule has 1 N–H and O–H groups in total. The molecular weight excluding hydrogens is 178 g/mol. The number of rotatable bonds is 4. The molecule has 0 saturated heterocycles. The third-order valence-corrected chi connectivity index (χ3v) is 2.23. The van der Waals surface area contributed by atoms with E-state index in [1.54, 1.807) is 6.92 Å². The molecule has 0 fully saturated rings. The molecule has 0 bridgehead atoms. The molecule has 1 unspecified atom stereocenters. The maximum Gasteiger partial charge on any atom is 0.243 e. The van der Waals surface area contributed by atoms with Gasteiger partial charge in [-0.25, -0.2) is 8.42 Å². The van der Waals surface area contributed by atoms with Crippen molar-refractivity contribution in [2.45, 2.75) is 13.0 Å². The predicted molar refractivity (Wildman–Crippen MR) is 47.5 cm³/mol. The second-order valence-corrected chi connectivity index (χ2v) is 4.89. The fourth-order valence-electron chi connectivity index (χ4n) is 0.798. The topological polar surface area (TPSA) is 63.2 Å². The summed E-state index contributed by atoms with van der Waals surface area (Å²) in [6, 6.07) is -0.370. The normalized spacial score (nSPS) is 13.5. The summed E-state index contributed by atoms with van der Waals surface area (Å²) in [5.74, 6) is -0.404. The van der Waals surface area contributed by atoms with Gasteiger partial charge in [-0.05, 0) is 13.0 Å². The van der Waals surface area contributed by atoms with Gasteiger partial charge in [-0.2, -0.15) is 0 Å². The van der Waals surface area contributed by atoms with Crippen molar-refractivity contribution in [3.05, 3.63) is 12.7 Å². The van der Waals surface area contributed by atoms with E-state index in [0.717, 1.165) is 12.3 Å². The minimum absolute atomic E-state index is 0.0490. The van der Waals surface area contributed by atoms with Crippen molar-refractivity contribution in [2.24, 2.45) is 0 Å². The van der Waals surface area contributed by atoms with Crippen LogP contribution >= 0.6 is 0 Å². The molecule has 0 aliphatic carbocycles. The molecular formula is C7H13NO3S. The third kappa shape index (κ3) is 5.91. The van der Waals surface area contributed by atoms with Crippen molar-refractivity contribution in [3.8, 4) is 0 Å². The summed E-state index contributed by atoms with van der Waals surface area (Å²) in [7, 11) is -3.03. The van der Waals surface area contributed by atoms with Gasteiger partial charge in [0.05, 0.1) is 5.75 Å². The maximum atomic E-state index is 10.7. The van der Waals surface area contributed by atoms with Crippen LogP contribution in [0.4, 0.5) is 0 Å². The molecule has 1 amide bonds. The standard InChI is InChI=1S/C7H13NO3S/c1-4-7(9)8-6(2)5-12(3,10)11/h4,6H,1,5H2,2-3H3,(H,8,9). The zero-order chi connectivity index (χ0) is 9.78. The fraction of sp³-hybridized carbons (Fsp3) is 0.571. The number of hydrogen-bond acceptors (Lipinski definition) is 3. The quantitative estimate of drug-likeness (QED) is 0.622. The first-order chi connectivity index (χ1) is 5.35. The van der Waals surface area contributed by atoms with E-state index in [4.69, 9.17) is 0 Å². The molecule has 70 valence electrons. The second kappa shape index (κ2) is 4.25. The van der Waals surface area contributed by atoms with E-state index in [-0.39, 0.29) is 17.7 Å². The highest BCUT2D eigenvalue weighted by molar-refractivity contribution is 7.90. The highest BCUT2D eigenvalue weighted by Crippen LogP contribution is 1.89. The molecule has 5 heteroatoms. The van der Waals surface area contributed by atoms with E-state index >= 15 is 0 Å². The Morgan fingerprint density at radius 3 is 2.50 bits per heavy atom. The molecule has 12 heavy (non-hydrogen) atoms. The van der Waals surface area contributed by atoms with Crippen LogP contribution in [0.25, 0.3) is 0 Å². The summed E-state index contributed by atoms with van der Waals surface area (Å²) in [5, 5.41) is 2.45. The first kappa shape index (κ1) is 11.2. The summed E-state index contributed by atoms with van der Waals surface area (Å²) in [6.07, 6.45) is 2.24. The van der Waals surface area contributed by atoms with E-state index in [2.05, 4.69) is 11.9 Å². The molecule has 0 aliphatic rings. The van der Waals surface area contributed by atoms with Gasteiger partial charge in [0.15, 0.2) is 0 Å². The van der Waals surface area contributed by atoms with Crippen LogP contribution < -0.4 is 5.32 Å². The summed E-state index contributed by atoms with van der Waals surface area (Å²) in [5.41, 5.74) is 0. The lowest BCUT2D eigenvalue weighted by atomic mass is 10.4. The van der Waals surface area contributed by atoms with Crippen LogP contribution in [0, 0.1) is 0 Å². The first-order valence-electron chi connectivity index (χ1n) is 3.46. The Labute approximate surface area is 72.6 Å². The lowest BCUT2D eigenvalue weighted by molar-refractivity contribution is -0.116. The average molecular weight is 191 g/mol. The number of carbonyl (C=O) groups excluding carboxylic acids is 1. The Bertz CT molecular complexity index is 268. The minimum atomic E-state index is -3.03. The molecule has 4 nitrogen and oxygen atoms in total. The number of nitrogens with one attached hydrogen (secondary N) is 1. The summed E-state index contributed by atoms with van der Waals surface area (Å²) in [4.78, 5) is 10.7. The monoisotopic (exact) mass is 191 g/mol. The van der Waals surface area contributed by atoms with Crippen molar-refractivity contribution in [1.82, 2.24) is 5.32 Å². The van der Waals surface area contributed by atoms with Gasteiger partial charge in [0.2, 0.25) is 5.91 Å². The van der Waals surface area contributed by atoms with E-state index in [1.165, 1.54) is 0 Å². The Morgan fingerprint density at radius 1 is 1.67 bits per heavy atom. The van der Waals surface area contributed by atoms with Crippen molar-refractivity contribution in [2.75, 3.05) is 12.0 Å². The van der Waals surface area contributed by atoms with Gasteiger partial charge in [0.1, 0.15) is 9.84 Å². The first-order valence-corrected chi connectivity index (χ1v) is 5.52. The average Bonchev–Trinajstić information content (AvgIpc) is 1.82. The largest absolute Gasteiger partial charge is 0.349 e. The van der Waals surface area contributed by atoms with Crippen LogP contribution in [0.2, 0.25) is 0 Å². The highest BCUT2D eigenvalue weighted by Gasteiger charge is 2.10. The van der Waals surface area contributed by atoms with Gasteiger partial charge < -0.3 is 5.32 Å². The van der Waals surface area contributed by atoms with Crippen LogP contribution in [0.5, 0.6) is 0 Å². The Morgan fingerprint density at radius 2 is 2.17 bits per heavy atom. The van der Waals surface area contributed by atoms with Crippen molar-refractivity contribution >= 4 is 15.7 Å². The van der Waals surface area contributed by atoms with E-state index in [1.807, 2.05) is 0 Å². The third-order valence-electron chi connectivity index (χ3n) is 1.13. The van der Waals surface area contributed by atoms with Gasteiger partial charge in [0, 0.05) is 12.3 Å². The van der Waals surface area contributed by atoms with Crippen LogP contribution in [0.15, 0.2) is 12.7 Å². The Balaban J connectivity index is 3.99. The fourth-order valence-corrected chi connectivity index (χ4v) is 1.79. The predicted octanol–water partition coefficient (Wildman–Crippen LogP) is -0.278. The van der Waals surface area contributed by atoms with Gasteiger partial charge >= 0.3 is 0 Å². The molecule has 0 aliphatic heterocycles. The molecule has 1 atom stereocenters. The Hall–Kier alpha value is -0.840. The van der Waals surface area contributed by atoms with Crippen LogP contribution in [-0.4, -0.2) is 32.4 Å². The highest BCUT2D eigenvalue weighted by atomic mass is 32.2. The number of hydrogen-bond donors (Lipinski definition) is 1. The molecule has 0 aromatic carbocycles. The zero-order valence-electron chi connectivity index (χ0n) is 7.20. The van der Waals surface area contributed by atoms with E-state index in [0.29, 0.717) is 0 Å². The minimum Gasteiger partial charge on any atom is -0.349 e. The van der Waals surface area contributed by atoms with Crippen molar-refractivity contribution in [3.63, 3.8) is 0 Å². The van der Waals surface area contributed by atoms with Gasteiger partial charge in [-0.15, -0.1) is 0 Å². The summed E-state index contributed by atoms with van der Waals surface area (Å²) >= 11 is 0. The molecule has 0 saturated carbocycles. The maximum absolute atomic E-state index is 10.7. The van der Waals surface area contributed by atoms with Crippen LogP contribution in [-0.2, 0) is 14.6 Å². The number of amides is 1. The summed E-state index contributed by atoms with van der Waals surface area (Å²) < 4.78 is 21.5. The van der Waals surface area contributed by atoms with Crippen molar-refractivity contribution < 1.29 is 13.2 Å². The molecule has 0 heterocycles. The lowest BCUT2D eigenvalue weighted by Gasteiger charge is -2.10. The molecule has 0 aromatic rings. The van der Waals surface area contributed by atoms with Crippen LogP contribution in [0.3, 0.4) is 0 Å². The summed E-state index contributed by atoms with van der Waals surface area (Å²) in [6.45, 7) is 4.88. The smallest absolute Gasteiger partial charge is 0.243 e. The second-order valence-electron chi connectivity index (χ2n) is 2.71. The van der Waals surface area contributed by atoms with Gasteiger partial charge in [-0.3, -0.25) is 4.79 Å². The van der Waals surface area contributed by atoms with Gasteiger partial charge in [0.25, 0.3) is 0 Å². The lowest BCUT2D eigenvalue weighted by Crippen LogP contribution is -2.36. The molecule has 0 radical (unpaired) electrons. The van der Waals surface area contributed by atoms with Gasteiger partial charge in [-0.1, -0.05) is 6.58 Å². The zero-order valence-corrected chi connectivity index (χ0v) is 8.02. The molecule has 0 spiro atoms. The number of sulfone groups is 1. The Kier molecular flexibility index (Phi) is 3.95.